The summed E-state index contributed by atoms with van der Waals surface area (Å²) in [6.45, 7) is 2.56. The number of ether oxygens (including phenoxy) is 1. The summed E-state index contributed by atoms with van der Waals surface area (Å²) in [5, 5.41) is 6.74. The van der Waals surface area contributed by atoms with Crippen molar-refractivity contribution >= 4 is 49.6 Å². The number of fused-ring (bicyclic) bond motifs is 1. The normalized spacial score (nSPS) is 15.0. The number of nitrogens with one attached hydrogen (secondary N) is 3. The molecule has 0 spiro atoms. The molecule has 1 fully saturated rings. The molecule has 11 nitrogen and oxygen atoms in total. The van der Waals surface area contributed by atoms with Gasteiger partial charge in [-0.1, -0.05) is 12.1 Å². The quantitative estimate of drug-likeness (QED) is 0.204. The van der Waals surface area contributed by atoms with Crippen molar-refractivity contribution in [1.29, 1.82) is 0 Å². The number of hydrogen-bond acceptors (Lipinski definition) is 9. The fraction of sp³-hybridized carbons (Fsp3) is 0.269. The van der Waals surface area contributed by atoms with Gasteiger partial charge in [-0.2, -0.15) is 4.98 Å². The molecule has 0 radical (unpaired) electrons. The Morgan fingerprint density at radius 3 is 2.44 bits per heavy atom. The van der Waals surface area contributed by atoms with Crippen LogP contribution in [0.5, 0.6) is 5.75 Å². The first-order chi connectivity index (χ1) is 18.5. The lowest BCUT2D eigenvalue weighted by Gasteiger charge is -2.16. The topological polar surface area (TPSA) is 155 Å². The summed E-state index contributed by atoms with van der Waals surface area (Å²) in [7, 11) is -2.08. The second-order valence-corrected chi connectivity index (χ2v) is 12.4. The molecule has 13 heteroatoms. The largest absolute Gasteiger partial charge is 0.495 e. The first-order valence-electron chi connectivity index (χ1n) is 12.1. The van der Waals surface area contributed by atoms with Crippen molar-refractivity contribution < 1.29 is 21.9 Å². The Hall–Kier alpha value is -3.81. The molecule has 0 amide bonds. The Balaban J connectivity index is 1.47. The molecule has 1 aliphatic rings. The zero-order chi connectivity index (χ0) is 27.8. The minimum absolute atomic E-state index is 0.0740. The number of sulfone groups is 1. The predicted octanol–water partition coefficient (Wildman–Crippen LogP) is 4.23. The van der Waals surface area contributed by atoms with Gasteiger partial charge in [-0.3, -0.25) is 9.27 Å². The molecule has 2 heterocycles. The van der Waals surface area contributed by atoms with Gasteiger partial charge in [0.1, 0.15) is 16.2 Å². The van der Waals surface area contributed by atoms with E-state index in [0.717, 1.165) is 24.7 Å². The van der Waals surface area contributed by atoms with Gasteiger partial charge in [-0.25, -0.2) is 22.6 Å². The number of pyridine rings is 1. The van der Waals surface area contributed by atoms with Gasteiger partial charge in [0, 0.05) is 29.6 Å². The Kier molecular flexibility index (Phi) is 7.14. The molecule has 0 saturated heterocycles. The van der Waals surface area contributed by atoms with Crippen molar-refractivity contribution in [2.24, 2.45) is 0 Å². The van der Waals surface area contributed by atoms with E-state index >= 15 is 0 Å². The maximum atomic E-state index is 12.3. The van der Waals surface area contributed by atoms with Crippen LogP contribution >= 0.6 is 0 Å². The molecule has 4 aromatic rings. The van der Waals surface area contributed by atoms with Crippen LogP contribution in [-0.2, 0) is 27.6 Å². The maximum Gasteiger partial charge on any atom is 0.259 e. The van der Waals surface area contributed by atoms with Crippen molar-refractivity contribution in [3.05, 3.63) is 60.2 Å². The Labute approximate surface area is 228 Å². The molecule has 0 aliphatic heterocycles. The van der Waals surface area contributed by atoms with Gasteiger partial charge < -0.3 is 15.4 Å². The van der Waals surface area contributed by atoms with Crippen LogP contribution in [-0.4, -0.2) is 51.0 Å². The summed E-state index contributed by atoms with van der Waals surface area (Å²) in [5.74, 6) is 1.29. The summed E-state index contributed by atoms with van der Waals surface area (Å²) < 4.78 is 52.2. The lowest BCUT2D eigenvalue weighted by molar-refractivity contribution is 0.403. The van der Waals surface area contributed by atoms with Crippen LogP contribution in [0.15, 0.2) is 59.5 Å². The van der Waals surface area contributed by atoms with E-state index in [0.29, 0.717) is 46.3 Å². The minimum Gasteiger partial charge on any atom is -0.495 e. The van der Waals surface area contributed by atoms with Crippen LogP contribution in [0.2, 0.25) is 0 Å². The molecule has 2 aromatic carbocycles. The molecule has 1 saturated carbocycles. The van der Waals surface area contributed by atoms with E-state index in [-0.39, 0.29) is 16.2 Å². The molecule has 4 N–H and O–H groups in total. The second kappa shape index (κ2) is 10.4. The van der Waals surface area contributed by atoms with Gasteiger partial charge in [-0.15, -0.1) is 0 Å². The third-order valence-electron chi connectivity index (χ3n) is 6.43. The van der Waals surface area contributed by atoms with E-state index in [9.17, 15) is 12.6 Å². The second-order valence-electron chi connectivity index (χ2n) is 9.69. The fourth-order valence-corrected chi connectivity index (χ4v) is 5.23. The van der Waals surface area contributed by atoms with Crippen molar-refractivity contribution in [1.82, 2.24) is 15.0 Å². The molecular weight excluding hydrogens is 540 g/mol. The van der Waals surface area contributed by atoms with Crippen LogP contribution < -0.4 is 20.1 Å². The monoisotopic (exact) mass is 568 g/mol. The van der Waals surface area contributed by atoms with Gasteiger partial charge in [0.2, 0.25) is 5.95 Å². The summed E-state index contributed by atoms with van der Waals surface area (Å²) in [6.07, 6.45) is 3.16. The third kappa shape index (κ3) is 6.27. The van der Waals surface area contributed by atoms with E-state index in [1.807, 2.05) is 18.2 Å². The lowest BCUT2D eigenvalue weighted by Crippen LogP contribution is -2.18. The molecule has 1 aliphatic carbocycles. The van der Waals surface area contributed by atoms with Gasteiger partial charge in [0.05, 0.1) is 18.3 Å². The number of methoxy groups -OCH3 is 1. The average Bonchev–Trinajstić information content (AvgIpc) is 3.63. The first-order valence-corrected chi connectivity index (χ1v) is 15.1. The highest BCUT2D eigenvalue weighted by Gasteiger charge is 2.38. The highest BCUT2D eigenvalue weighted by molar-refractivity contribution is 7.90. The van der Waals surface area contributed by atoms with Gasteiger partial charge >= 0.3 is 0 Å². The van der Waals surface area contributed by atoms with Crippen molar-refractivity contribution in [2.75, 3.05) is 28.7 Å². The smallest absolute Gasteiger partial charge is 0.259 e. The summed E-state index contributed by atoms with van der Waals surface area (Å²) in [5.41, 5.74) is 3.82. The highest BCUT2D eigenvalue weighted by atomic mass is 32.2. The zero-order valence-electron chi connectivity index (χ0n) is 21.6. The molecule has 5 rings (SSSR count). The number of hydrogen-bond donors (Lipinski definition) is 4. The van der Waals surface area contributed by atoms with Crippen molar-refractivity contribution in [3.63, 3.8) is 0 Å². The van der Waals surface area contributed by atoms with E-state index in [1.165, 1.54) is 7.11 Å². The number of benzene rings is 2. The fourth-order valence-electron chi connectivity index (χ4n) is 4.04. The maximum absolute atomic E-state index is 12.3. The van der Waals surface area contributed by atoms with Crippen LogP contribution in [0.1, 0.15) is 25.3 Å². The molecule has 1 atom stereocenters. The molecule has 204 valence electrons. The Morgan fingerprint density at radius 1 is 1.05 bits per heavy atom. The van der Waals surface area contributed by atoms with E-state index < -0.39 is 21.1 Å². The summed E-state index contributed by atoms with van der Waals surface area (Å²) in [4.78, 5) is 14.3. The molecule has 2 aromatic heterocycles. The van der Waals surface area contributed by atoms with E-state index in [1.54, 1.807) is 36.4 Å². The third-order valence-corrected chi connectivity index (χ3v) is 7.96. The Bertz CT molecular complexity index is 1670. The Morgan fingerprint density at radius 2 is 1.79 bits per heavy atom. The lowest BCUT2D eigenvalue weighted by atomic mass is 10.1. The minimum atomic E-state index is -3.51. The number of rotatable bonds is 10. The average molecular weight is 569 g/mol. The summed E-state index contributed by atoms with van der Waals surface area (Å²) in [6, 6.07) is 15.7. The SMILES string of the molecule is COc1ccc(-c2ccc3nc(NCc4ccc(NS(=O)O)cc4)nc(NC4(C)CC4)c3n2)cc1S(C)(=O)=O. The van der Waals surface area contributed by atoms with Crippen LogP contribution in [0.25, 0.3) is 22.3 Å². The van der Waals surface area contributed by atoms with Gasteiger partial charge in [0.25, 0.3) is 11.3 Å². The number of anilines is 3. The highest BCUT2D eigenvalue weighted by Crippen LogP contribution is 2.39. The molecule has 0 bridgehead atoms. The zero-order valence-corrected chi connectivity index (χ0v) is 23.2. The molecule has 1 unspecified atom stereocenters. The number of aromatic nitrogens is 3. The van der Waals surface area contributed by atoms with E-state index in [2.05, 4.69) is 27.3 Å². The van der Waals surface area contributed by atoms with Gasteiger partial charge in [-0.05, 0) is 67.8 Å². The van der Waals surface area contributed by atoms with Crippen molar-refractivity contribution in [3.8, 4) is 17.0 Å². The molecule has 39 heavy (non-hydrogen) atoms. The summed E-state index contributed by atoms with van der Waals surface area (Å²) >= 11 is -2.13. The van der Waals surface area contributed by atoms with Crippen LogP contribution in [0.4, 0.5) is 17.5 Å². The van der Waals surface area contributed by atoms with Crippen molar-refractivity contribution in [2.45, 2.75) is 36.7 Å². The standard InChI is InChI=1S/C26H28N6O5S2/c1-26(12-13-26)31-24-23-20(29-25(30-24)27-15-16-4-7-18(8-5-16)32-38(33)34)10-9-19(28-23)17-6-11-21(37-2)22(14-17)39(3,35)36/h4-11,14,32H,12-13,15H2,1-3H3,(H,33,34)(H2,27,29,30,31). The van der Waals surface area contributed by atoms with Crippen LogP contribution in [0, 0.1) is 0 Å². The first kappa shape index (κ1) is 26.8. The van der Waals surface area contributed by atoms with Crippen LogP contribution in [0.3, 0.4) is 0 Å². The van der Waals surface area contributed by atoms with Gasteiger partial charge in [0.15, 0.2) is 15.7 Å². The molecular formula is C26H28N6O5S2. The van der Waals surface area contributed by atoms with E-state index in [4.69, 9.17) is 19.3 Å². The number of nitrogens with zero attached hydrogens (tertiary/aromatic N) is 3. The predicted molar refractivity (Wildman–Crippen MR) is 152 cm³/mol.